The van der Waals surface area contributed by atoms with E-state index >= 15 is 0 Å². The Kier molecular flexibility index (Phi) is 10.8. The van der Waals surface area contributed by atoms with E-state index in [0.717, 1.165) is 0 Å². The molecule has 2 unspecified atom stereocenters. The highest BCUT2D eigenvalue weighted by Gasteiger charge is 2.56. The van der Waals surface area contributed by atoms with Crippen molar-refractivity contribution in [1.82, 2.24) is 35.4 Å². The van der Waals surface area contributed by atoms with E-state index in [1.807, 2.05) is 18.7 Å². The third-order valence-electron chi connectivity index (χ3n) is 11.8. The first-order chi connectivity index (χ1) is 28.5. The molecule has 5 N–H and O–H groups in total. The number of pyridine rings is 1. The van der Waals surface area contributed by atoms with Gasteiger partial charge in [0.05, 0.1) is 41.1 Å². The lowest BCUT2D eigenvalue weighted by molar-refractivity contribution is -0.196. The number of benzene rings is 1. The Morgan fingerprint density at radius 3 is 2.63 bits per heavy atom. The predicted octanol–water partition coefficient (Wildman–Crippen LogP) is 4.98. The Morgan fingerprint density at radius 2 is 1.92 bits per heavy atom. The van der Waals surface area contributed by atoms with E-state index in [1.54, 1.807) is 53.2 Å². The molecule has 3 amide bonds. The summed E-state index contributed by atoms with van der Waals surface area (Å²) in [4.78, 5) is 53.3. The van der Waals surface area contributed by atoms with Gasteiger partial charge in [-0.25, -0.2) is 9.97 Å². The minimum Gasteiger partial charge on any atom is -0.483 e. The summed E-state index contributed by atoms with van der Waals surface area (Å²) in [6.45, 7) is 4.19. The summed E-state index contributed by atoms with van der Waals surface area (Å²) < 4.78 is 51.6. The van der Waals surface area contributed by atoms with Crippen LogP contribution in [0.5, 0.6) is 0 Å². The lowest BCUT2D eigenvalue weighted by Gasteiger charge is -2.55. The van der Waals surface area contributed by atoms with Gasteiger partial charge in [0.15, 0.2) is 18.7 Å². The van der Waals surface area contributed by atoms with Crippen LogP contribution < -0.4 is 31.1 Å². The summed E-state index contributed by atoms with van der Waals surface area (Å²) in [5.41, 5.74) is 2.26. The molecular weight excluding hydrogens is 807 g/mol. The number of amides is 3. The second-order valence-corrected chi connectivity index (χ2v) is 16.7. The van der Waals surface area contributed by atoms with Gasteiger partial charge in [-0.3, -0.25) is 24.4 Å². The van der Waals surface area contributed by atoms with Crippen LogP contribution in [-0.2, 0) is 26.2 Å². The monoisotopic (exact) mass is 851 g/mol. The number of carbonyl (C=O) groups excluding carboxylic acids is 3. The van der Waals surface area contributed by atoms with E-state index < -0.39 is 41.6 Å². The van der Waals surface area contributed by atoms with Crippen molar-refractivity contribution in [2.45, 2.75) is 76.4 Å². The predicted molar refractivity (Wildman–Crippen MR) is 217 cm³/mol. The fraction of sp³-hybridized carbons (Fsp3) is 0.475. The second-order valence-electron chi connectivity index (χ2n) is 16.3. The van der Waals surface area contributed by atoms with Gasteiger partial charge in [0, 0.05) is 67.7 Å². The maximum Gasteiger partial charge on any atom is 0.393 e. The summed E-state index contributed by atoms with van der Waals surface area (Å²) in [6, 6.07) is 5.99. The van der Waals surface area contributed by atoms with E-state index in [1.165, 1.54) is 13.2 Å². The molecule has 1 spiro atoms. The lowest BCUT2D eigenvalue weighted by Crippen LogP contribution is -2.62. The molecule has 0 bridgehead atoms. The first-order valence-electron chi connectivity index (χ1n) is 19.7. The number of anilines is 5. The van der Waals surface area contributed by atoms with Crippen LogP contribution in [0.2, 0.25) is 5.02 Å². The third-order valence-corrected chi connectivity index (χ3v) is 12.1. The van der Waals surface area contributed by atoms with Crippen molar-refractivity contribution >= 4 is 75.3 Å². The zero-order valence-electron chi connectivity index (χ0n) is 33.3. The van der Waals surface area contributed by atoms with Crippen LogP contribution in [0.15, 0.2) is 42.4 Å². The van der Waals surface area contributed by atoms with E-state index in [4.69, 9.17) is 16.3 Å². The van der Waals surface area contributed by atoms with Gasteiger partial charge >= 0.3 is 6.18 Å². The standard InChI is InChI=1S/C40H45ClF3N11O5/c1-20(2)55-35-21(12-30(37(55)59)60-17-32(57)45-3)11-23(15-46-35)49-34-27(41)16-47-38(51-34)54-18-39(19-54)10-9-28(26(14-39)40(42,43)44)48-22-5-6-24-29(13-22)53(4)52-33(24)25-7-8-31(56)50-36(25)58/h5-6,11-13,15-16,20,25-26,28,37,48,59H,7-10,14,17-19H2,1-4H3,(H,45,57)(H,47,49,51)(H,50,56,58)/t25?,26-,28+,37?/m0/s1. The Hall–Kier alpha value is -5.69. The zero-order chi connectivity index (χ0) is 42.7. The molecule has 20 heteroatoms. The Labute approximate surface area is 347 Å². The number of ether oxygens (including phenoxy) is 1. The van der Waals surface area contributed by atoms with Crippen molar-refractivity contribution in [2.75, 3.05) is 47.2 Å². The van der Waals surface area contributed by atoms with Gasteiger partial charge in [-0.05, 0) is 69.9 Å². The highest BCUT2D eigenvalue weighted by atomic mass is 35.5. The average Bonchev–Trinajstić information content (AvgIpc) is 3.51. The number of likely N-dealkylation sites (N-methyl/N-ethyl adjacent to an activating group) is 1. The minimum absolute atomic E-state index is 0.0673. The van der Waals surface area contributed by atoms with Gasteiger partial charge in [0.1, 0.15) is 16.6 Å². The topological polar surface area (TPSA) is 192 Å². The molecular formula is C40H45ClF3N11O5. The number of halogens is 4. The summed E-state index contributed by atoms with van der Waals surface area (Å²) in [5, 5.41) is 27.7. The number of carbonyl (C=O) groups is 3. The highest BCUT2D eigenvalue weighted by molar-refractivity contribution is 6.32. The smallest absolute Gasteiger partial charge is 0.393 e. The van der Waals surface area contributed by atoms with Crippen molar-refractivity contribution in [3.8, 4) is 0 Å². The Balaban J connectivity index is 0.946. The number of alkyl halides is 3. The highest BCUT2D eigenvalue weighted by Crippen LogP contribution is 2.52. The fourth-order valence-corrected chi connectivity index (χ4v) is 8.97. The first-order valence-corrected chi connectivity index (χ1v) is 20.1. The molecule has 4 atom stereocenters. The van der Waals surface area contributed by atoms with E-state index in [2.05, 4.69) is 41.3 Å². The number of nitrogens with one attached hydrogen (secondary N) is 4. The molecule has 0 radical (unpaired) electrons. The molecule has 60 heavy (non-hydrogen) atoms. The average molecular weight is 852 g/mol. The molecule has 318 valence electrons. The number of aliphatic hydroxyl groups excluding tert-OH is 1. The molecule has 1 saturated carbocycles. The number of hydrogen-bond donors (Lipinski definition) is 5. The van der Waals surface area contributed by atoms with Gasteiger partial charge < -0.3 is 35.6 Å². The van der Waals surface area contributed by atoms with Gasteiger partial charge in [0.25, 0.3) is 5.91 Å². The number of aliphatic hydroxyl groups is 1. The van der Waals surface area contributed by atoms with Gasteiger partial charge in [0.2, 0.25) is 17.8 Å². The fourth-order valence-electron chi connectivity index (χ4n) is 8.83. The number of nitrogens with zero attached hydrogens (tertiary/aromatic N) is 7. The maximum absolute atomic E-state index is 14.8. The molecule has 4 aromatic rings. The van der Waals surface area contributed by atoms with Gasteiger partial charge in [-0.1, -0.05) is 11.6 Å². The largest absolute Gasteiger partial charge is 0.483 e. The van der Waals surface area contributed by atoms with Crippen molar-refractivity contribution in [2.24, 2.45) is 18.4 Å². The zero-order valence-corrected chi connectivity index (χ0v) is 34.1. The molecule has 3 aromatic heterocycles. The van der Waals surface area contributed by atoms with E-state index in [9.17, 15) is 32.7 Å². The van der Waals surface area contributed by atoms with Crippen molar-refractivity contribution in [3.05, 3.63) is 58.7 Å². The SMILES string of the molecule is CNC(=O)COC1=Cc2cc(Nc3nc(N4CC5(CC[C@@H](Nc6ccc7c(C8CCC(=O)NC8=O)nn(C)c7c6)[C@@H](C(F)(F)F)C5)C4)ncc3Cl)cnc2N(C(C)C)C1O. The molecule has 1 aliphatic carbocycles. The lowest BCUT2D eigenvalue weighted by atomic mass is 9.63. The Bertz CT molecular complexity index is 2380. The molecule has 6 heterocycles. The number of hydrogen-bond acceptors (Lipinski definition) is 13. The molecule has 3 aliphatic heterocycles. The minimum atomic E-state index is -4.45. The first kappa shape index (κ1) is 41.1. The quantitative estimate of drug-likeness (QED) is 0.135. The van der Waals surface area contributed by atoms with Crippen LogP contribution in [-0.4, -0.2) is 98.8 Å². The van der Waals surface area contributed by atoms with Crippen LogP contribution >= 0.6 is 11.6 Å². The van der Waals surface area contributed by atoms with Crippen LogP contribution in [0.1, 0.15) is 63.1 Å². The number of rotatable bonds is 10. The summed E-state index contributed by atoms with van der Waals surface area (Å²) in [5.74, 6) is -2.00. The number of piperidine rings is 1. The van der Waals surface area contributed by atoms with Gasteiger partial charge in [-0.15, -0.1) is 0 Å². The number of imide groups is 1. The van der Waals surface area contributed by atoms with Gasteiger partial charge in [-0.2, -0.15) is 23.3 Å². The van der Waals surface area contributed by atoms with Crippen LogP contribution in [0.25, 0.3) is 17.0 Å². The number of aryl methyl sites for hydroxylation is 1. The summed E-state index contributed by atoms with van der Waals surface area (Å²) in [6.07, 6.45) is 0.350. The van der Waals surface area contributed by atoms with Crippen molar-refractivity contribution in [3.63, 3.8) is 0 Å². The molecule has 1 aromatic carbocycles. The van der Waals surface area contributed by atoms with E-state index in [-0.39, 0.29) is 53.9 Å². The third kappa shape index (κ3) is 7.87. The maximum atomic E-state index is 14.8. The molecule has 3 fully saturated rings. The van der Waals surface area contributed by atoms with Crippen molar-refractivity contribution in [1.29, 1.82) is 0 Å². The van der Waals surface area contributed by atoms with Crippen LogP contribution in [0, 0.1) is 11.3 Å². The van der Waals surface area contributed by atoms with Crippen molar-refractivity contribution < 1.29 is 37.4 Å². The van der Waals surface area contributed by atoms with Crippen LogP contribution in [0.4, 0.5) is 42.1 Å². The second kappa shape index (κ2) is 15.7. The molecule has 8 rings (SSSR count). The Morgan fingerprint density at radius 1 is 1.13 bits per heavy atom. The number of fused-ring (bicyclic) bond motifs is 2. The molecule has 16 nitrogen and oxygen atoms in total. The normalized spacial score (nSPS) is 22.6. The van der Waals surface area contributed by atoms with E-state index in [0.29, 0.717) is 77.7 Å². The summed E-state index contributed by atoms with van der Waals surface area (Å²) >= 11 is 6.53. The number of aromatic nitrogens is 5. The molecule has 4 aliphatic rings. The summed E-state index contributed by atoms with van der Waals surface area (Å²) in [7, 11) is 3.21. The van der Waals surface area contributed by atoms with Crippen LogP contribution in [0.3, 0.4) is 0 Å². The molecule has 2 saturated heterocycles.